The number of amides is 1. The summed E-state index contributed by atoms with van der Waals surface area (Å²) >= 11 is 1.47. The average Bonchev–Trinajstić information content (AvgIpc) is 3.02. The molecule has 0 atom stereocenters. The van der Waals surface area contributed by atoms with Crippen LogP contribution in [0.25, 0.3) is 10.2 Å². The van der Waals surface area contributed by atoms with Gasteiger partial charge in [0.15, 0.2) is 5.13 Å². The molecule has 0 bridgehead atoms. The summed E-state index contributed by atoms with van der Waals surface area (Å²) in [5.74, 6) is 0.832. The summed E-state index contributed by atoms with van der Waals surface area (Å²) in [7, 11) is 3.09. The van der Waals surface area contributed by atoms with Crippen molar-refractivity contribution in [2.24, 2.45) is 0 Å². The van der Waals surface area contributed by atoms with Gasteiger partial charge >= 0.3 is 0 Å². The van der Waals surface area contributed by atoms with Crippen molar-refractivity contribution in [1.82, 2.24) is 4.98 Å². The van der Waals surface area contributed by atoms with Gasteiger partial charge in [-0.1, -0.05) is 23.5 Å². The van der Waals surface area contributed by atoms with Gasteiger partial charge in [0.1, 0.15) is 11.5 Å². The van der Waals surface area contributed by atoms with Crippen molar-refractivity contribution >= 4 is 32.6 Å². The minimum Gasteiger partial charge on any atom is -0.497 e. The predicted octanol–water partition coefficient (Wildman–Crippen LogP) is 4.18. The second-order valence-electron chi connectivity index (χ2n) is 5.42. The molecule has 3 aromatic rings. The van der Waals surface area contributed by atoms with Gasteiger partial charge in [0.25, 0.3) is 5.91 Å². The molecule has 1 aromatic heterocycles. The Morgan fingerprint density at radius 1 is 1.08 bits per heavy atom. The number of ether oxygens (including phenoxy) is 2. The lowest BCUT2D eigenvalue weighted by Crippen LogP contribution is -2.13. The molecule has 0 saturated heterocycles. The Labute approximate surface area is 144 Å². The van der Waals surface area contributed by atoms with Crippen LogP contribution < -0.4 is 14.8 Å². The lowest BCUT2D eigenvalue weighted by Gasteiger charge is -2.09. The van der Waals surface area contributed by atoms with Gasteiger partial charge in [-0.3, -0.25) is 10.1 Å². The molecule has 0 radical (unpaired) electrons. The number of nitrogens with zero attached hydrogens (tertiary/aromatic N) is 1. The van der Waals surface area contributed by atoms with Crippen LogP contribution in [0, 0.1) is 13.8 Å². The van der Waals surface area contributed by atoms with E-state index in [1.165, 1.54) is 18.4 Å². The highest BCUT2D eigenvalue weighted by Gasteiger charge is 2.16. The maximum atomic E-state index is 12.6. The lowest BCUT2D eigenvalue weighted by molar-refractivity contribution is 0.102. The fourth-order valence-electron chi connectivity index (χ4n) is 2.46. The van der Waals surface area contributed by atoms with Gasteiger partial charge in [-0.2, -0.15) is 0 Å². The number of anilines is 1. The molecule has 0 spiro atoms. The van der Waals surface area contributed by atoms with Gasteiger partial charge in [-0.05, 0) is 37.1 Å². The Morgan fingerprint density at radius 2 is 1.83 bits per heavy atom. The lowest BCUT2D eigenvalue weighted by atomic mass is 10.1. The zero-order valence-electron chi connectivity index (χ0n) is 14.0. The first kappa shape index (κ1) is 16.3. The molecule has 24 heavy (non-hydrogen) atoms. The number of methoxy groups -OCH3 is 2. The summed E-state index contributed by atoms with van der Waals surface area (Å²) in [5, 5.41) is 3.44. The number of hydrogen-bond acceptors (Lipinski definition) is 5. The van der Waals surface area contributed by atoms with E-state index in [-0.39, 0.29) is 5.91 Å². The van der Waals surface area contributed by atoms with Crippen LogP contribution >= 0.6 is 11.3 Å². The Bertz CT molecular complexity index is 879. The van der Waals surface area contributed by atoms with Crippen molar-refractivity contribution in [3.05, 3.63) is 47.0 Å². The highest BCUT2D eigenvalue weighted by Crippen LogP contribution is 2.32. The summed E-state index contributed by atoms with van der Waals surface area (Å²) in [6, 6.07) is 9.19. The summed E-state index contributed by atoms with van der Waals surface area (Å²) < 4.78 is 11.5. The predicted molar refractivity (Wildman–Crippen MR) is 96.6 cm³/mol. The SMILES string of the molecule is COc1ccc(C(=O)Nc2nc3c(C)ccc(C)c3s2)c(OC)c1. The Morgan fingerprint density at radius 3 is 2.50 bits per heavy atom. The smallest absolute Gasteiger partial charge is 0.261 e. The molecule has 1 heterocycles. The third kappa shape index (κ3) is 2.92. The van der Waals surface area contributed by atoms with E-state index in [0.717, 1.165) is 21.3 Å². The topological polar surface area (TPSA) is 60.5 Å². The number of aromatic nitrogens is 1. The normalized spacial score (nSPS) is 10.7. The standard InChI is InChI=1S/C18H18N2O3S/c1-10-5-6-11(2)16-15(10)19-18(24-16)20-17(21)13-8-7-12(22-3)9-14(13)23-4/h5-9H,1-4H3,(H,19,20,21). The van der Waals surface area contributed by atoms with Gasteiger partial charge in [0, 0.05) is 6.07 Å². The Hall–Kier alpha value is -2.60. The summed E-state index contributed by atoms with van der Waals surface area (Å²) in [6.45, 7) is 4.05. The Balaban J connectivity index is 1.93. The van der Waals surface area contributed by atoms with E-state index in [2.05, 4.69) is 16.4 Å². The molecular formula is C18H18N2O3S. The molecule has 5 nitrogen and oxygen atoms in total. The van der Waals surface area contributed by atoms with Gasteiger partial charge in [-0.25, -0.2) is 4.98 Å². The van der Waals surface area contributed by atoms with Crippen LogP contribution in [0.4, 0.5) is 5.13 Å². The highest BCUT2D eigenvalue weighted by atomic mass is 32.1. The van der Waals surface area contributed by atoms with Gasteiger partial charge in [0.05, 0.1) is 30.0 Å². The third-order valence-electron chi connectivity index (χ3n) is 3.82. The molecule has 0 aliphatic heterocycles. The van der Waals surface area contributed by atoms with Crippen molar-refractivity contribution < 1.29 is 14.3 Å². The third-order valence-corrected chi connectivity index (χ3v) is 4.92. The summed E-state index contributed by atoms with van der Waals surface area (Å²) in [6.07, 6.45) is 0. The van der Waals surface area contributed by atoms with Crippen LogP contribution in [-0.4, -0.2) is 25.1 Å². The van der Waals surface area contributed by atoms with Crippen molar-refractivity contribution in [3.8, 4) is 11.5 Å². The number of carbonyl (C=O) groups excluding carboxylic acids is 1. The first-order chi connectivity index (χ1) is 11.5. The fourth-order valence-corrected chi connectivity index (χ4v) is 3.47. The number of thiazole rings is 1. The molecular weight excluding hydrogens is 324 g/mol. The van der Waals surface area contributed by atoms with E-state index >= 15 is 0 Å². The number of rotatable bonds is 4. The summed E-state index contributed by atoms with van der Waals surface area (Å²) in [5.41, 5.74) is 3.60. The molecule has 0 fully saturated rings. The van der Waals surface area contributed by atoms with Gasteiger partial charge < -0.3 is 9.47 Å². The molecule has 1 N–H and O–H groups in total. The van der Waals surface area contributed by atoms with Crippen LogP contribution in [0.15, 0.2) is 30.3 Å². The van der Waals surface area contributed by atoms with E-state index in [9.17, 15) is 4.79 Å². The van der Waals surface area contributed by atoms with Crippen molar-refractivity contribution in [2.75, 3.05) is 19.5 Å². The largest absolute Gasteiger partial charge is 0.497 e. The van der Waals surface area contributed by atoms with E-state index < -0.39 is 0 Å². The van der Waals surface area contributed by atoms with Gasteiger partial charge in [-0.15, -0.1) is 0 Å². The van der Waals surface area contributed by atoms with Crippen LogP contribution in [0.1, 0.15) is 21.5 Å². The molecule has 3 rings (SSSR count). The van der Waals surface area contributed by atoms with Crippen molar-refractivity contribution in [1.29, 1.82) is 0 Å². The maximum absolute atomic E-state index is 12.6. The second kappa shape index (κ2) is 6.49. The minimum absolute atomic E-state index is 0.260. The van der Waals surface area contributed by atoms with Crippen LogP contribution in [0.3, 0.4) is 0 Å². The van der Waals surface area contributed by atoms with Crippen LogP contribution in [0.2, 0.25) is 0 Å². The fraction of sp³-hybridized carbons (Fsp3) is 0.222. The molecule has 0 unspecified atom stereocenters. The minimum atomic E-state index is -0.260. The quantitative estimate of drug-likeness (QED) is 0.772. The number of hydrogen-bond donors (Lipinski definition) is 1. The van der Waals surface area contributed by atoms with E-state index in [0.29, 0.717) is 22.2 Å². The second-order valence-corrected chi connectivity index (χ2v) is 6.42. The first-order valence-electron chi connectivity index (χ1n) is 7.43. The highest BCUT2D eigenvalue weighted by molar-refractivity contribution is 7.22. The molecule has 124 valence electrons. The average molecular weight is 342 g/mol. The molecule has 2 aromatic carbocycles. The molecule has 0 aliphatic rings. The van der Waals surface area contributed by atoms with Crippen molar-refractivity contribution in [2.45, 2.75) is 13.8 Å². The first-order valence-corrected chi connectivity index (χ1v) is 8.25. The zero-order chi connectivity index (χ0) is 17.3. The van der Waals surface area contributed by atoms with E-state index in [1.807, 2.05) is 19.9 Å². The van der Waals surface area contributed by atoms with Crippen LogP contribution in [-0.2, 0) is 0 Å². The molecule has 0 aliphatic carbocycles. The zero-order valence-corrected chi connectivity index (χ0v) is 14.8. The number of nitrogens with one attached hydrogen (secondary N) is 1. The number of fused-ring (bicyclic) bond motifs is 1. The van der Waals surface area contributed by atoms with Crippen molar-refractivity contribution in [3.63, 3.8) is 0 Å². The molecule has 1 amide bonds. The number of carbonyl (C=O) groups is 1. The maximum Gasteiger partial charge on any atom is 0.261 e. The monoisotopic (exact) mass is 342 g/mol. The summed E-state index contributed by atoms with van der Waals surface area (Å²) in [4.78, 5) is 17.1. The molecule has 6 heteroatoms. The van der Waals surface area contributed by atoms with E-state index in [1.54, 1.807) is 25.3 Å². The van der Waals surface area contributed by atoms with E-state index in [4.69, 9.17) is 9.47 Å². The Kier molecular flexibility index (Phi) is 4.40. The number of benzene rings is 2. The molecule has 0 saturated carbocycles. The van der Waals surface area contributed by atoms with Crippen LogP contribution in [0.5, 0.6) is 11.5 Å². The number of aryl methyl sites for hydroxylation is 2. The van der Waals surface area contributed by atoms with Gasteiger partial charge in [0.2, 0.25) is 0 Å².